The summed E-state index contributed by atoms with van der Waals surface area (Å²) in [6.07, 6.45) is 4.29. The Balaban J connectivity index is 1.88. The van der Waals surface area contributed by atoms with Crippen LogP contribution in [0.5, 0.6) is 0 Å². The van der Waals surface area contributed by atoms with E-state index in [1.54, 1.807) is 43.0 Å². The second-order valence-electron chi connectivity index (χ2n) is 5.19. The Bertz CT molecular complexity index is 892. The monoisotopic (exact) mass is 326 g/mol. The maximum absolute atomic E-state index is 13.3. The summed E-state index contributed by atoms with van der Waals surface area (Å²) in [7, 11) is 1.75. The van der Waals surface area contributed by atoms with Crippen molar-refractivity contribution >= 4 is 23.1 Å². The highest BCUT2D eigenvalue weighted by molar-refractivity contribution is 6.06. The van der Waals surface area contributed by atoms with Crippen LogP contribution in [0.4, 0.5) is 21.6 Å². The number of carbonyl (C=O) groups excluding carboxylic acids is 1. The average molecular weight is 326 g/mol. The van der Waals surface area contributed by atoms with E-state index in [0.717, 1.165) is 6.20 Å². The molecule has 0 saturated heterocycles. The van der Waals surface area contributed by atoms with Gasteiger partial charge < -0.3 is 10.6 Å². The number of pyridine rings is 2. The third-order valence-electron chi connectivity index (χ3n) is 3.19. The molecule has 0 aliphatic carbocycles. The number of anilines is 3. The Labute approximate surface area is 137 Å². The Kier molecular flexibility index (Phi) is 4.19. The molecular formula is C16H15FN6O. The molecule has 0 fully saturated rings. The molecule has 0 radical (unpaired) electrons. The third-order valence-corrected chi connectivity index (χ3v) is 3.19. The first kappa shape index (κ1) is 15.6. The van der Waals surface area contributed by atoms with Crippen LogP contribution < -0.4 is 10.6 Å². The Hall–Kier alpha value is -3.29. The van der Waals surface area contributed by atoms with Gasteiger partial charge in [-0.2, -0.15) is 5.10 Å². The van der Waals surface area contributed by atoms with Crippen LogP contribution in [0.15, 0.2) is 42.9 Å². The molecule has 0 unspecified atom stereocenters. The maximum atomic E-state index is 13.3. The predicted octanol–water partition coefficient (Wildman–Crippen LogP) is 2.65. The van der Waals surface area contributed by atoms with Crippen LogP contribution in [0.3, 0.4) is 0 Å². The maximum Gasteiger partial charge on any atom is 0.277 e. The van der Waals surface area contributed by atoms with E-state index in [1.165, 1.54) is 12.3 Å². The van der Waals surface area contributed by atoms with Gasteiger partial charge in [-0.15, -0.1) is 0 Å². The molecule has 0 atom stereocenters. The van der Waals surface area contributed by atoms with E-state index in [2.05, 4.69) is 25.7 Å². The number of hydrogen-bond donors (Lipinski definition) is 2. The van der Waals surface area contributed by atoms with Crippen molar-refractivity contribution in [2.45, 2.75) is 6.92 Å². The number of nitrogens with one attached hydrogen (secondary N) is 2. The van der Waals surface area contributed by atoms with Gasteiger partial charge in [0.05, 0.1) is 23.8 Å². The van der Waals surface area contributed by atoms with Crippen LogP contribution in [0, 0.1) is 12.7 Å². The van der Waals surface area contributed by atoms with Crippen molar-refractivity contribution in [1.82, 2.24) is 19.7 Å². The first-order valence-electron chi connectivity index (χ1n) is 7.17. The predicted molar refractivity (Wildman–Crippen MR) is 87.6 cm³/mol. The lowest BCUT2D eigenvalue weighted by Crippen LogP contribution is -2.17. The number of rotatable bonds is 4. The summed E-state index contributed by atoms with van der Waals surface area (Å²) >= 11 is 0. The Morgan fingerprint density at radius 2 is 2.08 bits per heavy atom. The van der Waals surface area contributed by atoms with Crippen molar-refractivity contribution in [3.05, 3.63) is 60.1 Å². The highest BCUT2D eigenvalue weighted by Gasteiger charge is 2.15. The normalized spacial score (nSPS) is 10.5. The van der Waals surface area contributed by atoms with Gasteiger partial charge in [0.2, 0.25) is 0 Å². The van der Waals surface area contributed by atoms with Gasteiger partial charge in [-0.1, -0.05) is 0 Å². The van der Waals surface area contributed by atoms with Crippen molar-refractivity contribution in [2.24, 2.45) is 7.05 Å². The van der Waals surface area contributed by atoms with Crippen molar-refractivity contribution in [2.75, 3.05) is 10.6 Å². The van der Waals surface area contributed by atoms with Crippen LogP contribution in [-0.2, 0) is 7.05 Å². The minimum atomic E-state index is -0.473. The number of halogens is 1. The number of carbonyl (C=O) groups is 1. The molecule has 3 heterocycles. The molecule has 0 aromatic carbocycles. The van der Waals surface area contributed by atoms with Crippen LogP contribution >= 0.6 is 0 Å². The molecular weight excluding hydrogens is 311 g/mol. The molecule has 1 amide bonds. The first-order chi connectivity index (χ1) is 11.5. The molecule has 8 heteroatoms. The highest BCUT2D eigenvalue weighted by Crippen LogP contribution is 2.21. The minimum absolute atomic E-state index is 0.185. The third kappa shape index (κ3) is 3.54. The summed E-state index contributed by atoms with van der Waals surface area (Å²) in [5.41, 5.74) is 1.74. The summed E-state index contributed by atoms with van der Waals surface area (Å²) in [5.74, 6) is -0.465. The zero-order chi connectivity index (χ0) is 17.1. The molecule has 0 aliphatic heterocycles. The van der Waals surface area contributed by atoms with E-state index in [9.17, 15) is 9.18 Å². The summed E-state index contributed by atoms with van der Waals surface area (Å²) in [5, 5.41) is 9.74. The zero-order valence-electron chi connectivity index (χ0n) is 13.1. The summed E-state index contributed by atoms with van der Waals surface area (Å²) in [6.45, 7) is 1.78. The largest absolute Gasteiger partial charge is 0.352 e. The van der Waals surface area contributed by atoms with Gasteiger partial charge in [-0.25, -0.2) is 9.37 Å². The van der Waals surface area contributed by atoms with Crippen LogP contribution in [0.25, 0.3) is 0 Å². The highest BCUT2D eigenvalue weighted by atomic mass is 19.1. The van der Waals surface area contributed by atoms with Crippen LogP contribution in [0.1, 0.15) is 16.2 Å². The smallest absolute Gasteiger partial charge is 0.277 e. The van der Waals surface area contributed by atoms with Gasteiger partial charge in [0.15, 0.2) is 11.5 Å². The van der Waals surface area contributed by atoms with E-state index in [1.807, 2.05) is 0 Å². The molecule has 122 valence electrons. The van der Waals surface area contributed by atoms with Gasteiger partial charge in [0.25, 0.3) is 5.91 Å². The average Bonchev–Trinajstić information content (AvgIpc) is 2.94. The lowest BCUT2D eigenvalue weighted by molar-refractivity contribution is 0.102. The number of hydrogen-bond acceptors (Lipinski definition) is 5. The van der Waals surface area contributed by atoms with E-state index >= 15 is 0 Å². The van der Waals surface area contributed by atoms with Gasteiger partial charge >= 0.3 is 0 Å². The van der Waals surface area contributed by atoms with Crippen molar-refractivity contribution in [1.29, 1.82) is 0 Å². The van der Waals surface area contributed by atoms with E-state index in [0.29, 0.717) is 22.9 Å². The second-order valence-corrected chi connectivity index (χ2v) is 5.19. The molecule has 0 bridgehead atoms. The molecule has 3 aromatic heterocycles. The standard InChI is InChI=1S/C16H15FN6O/c1-10-3-4-13(20-12-7-11(17)8-18-9-12)15(19-10)16(24)21-14-5-6-23(2)22-14/h3-9,20H,1-2H3,(H,21,22,24). The van der Waals surface area contributed by atoms with Crippen LogP contribution in [0.2, 0.25) is 0 Å². The second kappa shape index (κ2) is 6.45. The minimum Gasteiger partial charge on any atom is -0.352 e. The summed E-state index contributed by atoms with van der Waals surface area (Å²) < 4.78 is 14.9. The van der Waals surface area contributed by atoms with E-state index in [4.69, 9.17) is 0 Å². The topological polar surface area (TPSA) is 84.7 Å². The van der Waals surface area contributed by atoms with Crippen LogP contribution in [-0.4, -0.2) is 25.7 Å². The lowest BCUT2D eigenvalue weighted by Gasteiger charge is -2.11. The molecule has 7 nitrogen and oxygen atoms in total. The molecule has 3 aromatic rings. The van der Waals surface area contributed by atoms with Crippen molar-refractivity contribution < 1.29 is 9.18 Å². The molecule has 24 heavy (non-hydrogen) atoms. The van der Waals surface area contributed by atoms with E-state index in [-0.39, 0.29) is 5.69 Å². The first-order valence-corrected chi connectivity index (χ1v) is 7.17. The van der Waals surface area contributed by atoms with Gasteiger partial charge in [-0.05, 0) is 19.1 Å². The summed E-state index contributed by atoms with van der Waals surface area (Å²) in [6, 6.07) is 6.43. The molecule has 0 aliphatic rings. The van der Waals surface area contributed by atoms with E-state index < -0.39 is 11.7 Å². The van der Waals surface area contributed by atoms with Crippen molar-refractivity contribution in [3.63, 3.8) is 0 Å². The molecule has 2 N–H and O–H groups in total. The molecule has 0 spiro atoms. The quantitative estimate of drug-likeness (QED) is 0.770. The Morgan fingerprint density at radius 3 is 2.79 bits per heavy atom. The zero-order valence-corrected chi connectivity index (χ0v) is 13.1. The number of aromatic nitrogens is 4. The van der Waals surface area contributed by atoms with Crippen molar-refractivity contribution in [3.8, 4) is 0 Å². The fourth-order valence-corrected chi connectivity index (χ4v) is 2.12. The van der Waals surface area contributed by atoms with Gasteiger partial charge in [0, 0.05) is 31.1 Å². The number of aryl methyl sites for hydroxylation is 2. The number of amides is 1. The summed E-state index contributed by atoms with van der Waals surface area (Å²) in [4.78, 5) is 20.5. The number of nitrogens with zero attached hydrogens (tertiary/aromatic N) is 4. The fraction of sp³-hybridized carbons (Fsp3) is 0.125. The SMILES string of the molecule is Cc1ccc(Nc2cncc(F)c2)c(C(=O)Nc2ccn(C)n2)n1. The Morgan fingerprint density at radius 1 is 1.25 bits per heavy atom. The molecule has 0 saturated carbocycles. The lowest BCUT2D eigenvalue weighted by atomic mass is 10.2. The molecule has 3 rings (SSSR count). The van der Waals surface area contributed by atoms with Gasteiger partial charge in [-0.3, -0.25) is 14.5 Å². The fourth-order valence-electron chi connectivity index (χ4n) is 2.12. The van der Waals surface area contributed by atoms with Gasteiger partial charge in [0.1, 0.15) is 5.82 Å².